The third kappa shape index (κ3) is 4.27. The normalized spacial score (nSPS) is 22.1. The van der Waals surface area contributed by atoms with Crippen molar-refractivity contribution in [2.45, 2.75) is 18.5 Å². The molecule has 2 rings (SSSR count). The highest BCUT2D eigenvalue weighted by molar-refractivity contribution is 5.73. The zero-order valence-electron chi connectivity index (χ0n) is 12.8. The quantitative estimate of drug-likeness (QED) is 0.820. The first-order valence-corrected chi connectivity index (χ1v) is 7.49. The van der Waals surface area contributed by atoms with Crippen LogP contribution in [0.15, 0.2) is 30.3 Å². The van der Waals surface area contributed by atoms with E-state index in [0.29, 0.717) is 12.5 Å². The molecule has 0 aliphatic carbocycles. The van der Waals surface area contributed by atoms with Gasteiger partial charge in [0, 0.05) is 32.2 Å². The summed E-state index contributed by atoms with van der Waals surface area (Å²) in [7, 11) is 3.85. The predicted octanol–water partition coefficient (Wildman–Crippen LogP) is 1.04. The standard InChI is InChI=1S/C16H25N3O2/c1-17-14(16(20)21)8-9-19-11-10-18(2)12-15(19)13-6-4-3-5-7-13/h3-7,14-15,17H,8-12H2,1-2H3,(H,20,21). The number of aliphatic carboxylic acids is 1. The highest BCUT2D eigenvalue weighted by atomic mass is 16.4. The molecule has 1 aromatic rings. The maximum atomic E-state index is 11.1. The number of carbonyl (C=O) groups is 1. The van der Waals surface area contributed by atoms with Crippen molar-refractivity contribution in [1.82, 2.24) is 15.1 Å². The van der Waals surface area contributed by atoms with Gasteiger partial charge >= 0.3 is 5.97 Å². The molecule has 0 saturated carbocycles. The van der Waals surface area contributed by atoms with Crippen LogP contribution in [0.3, 0.4) is 0 Å². The van der Waals surface area contributed by atoms with Gasteiger partial charge in [0.1, 0.15) is 6.04 Å². The fraction of sp³-hybridized carbons (Fsp3) is 0.562. The first-order valence-electron chi connectivity index (χ1n) is 7.49. The number of nitrogens with zero attached hydrogens (tertiary/aromatic N) is 2. The van der Waals surface area contributed by atoms with Gasteiger partial charge in [0.15, 0.2) is 0 Å². The Morgan fingerprint density at radius 2 is 2.10 bits per heavy atom. The monoisotopic (exact) mass is 291 g/mol. The number of hydrogen-bond donors (Lipinski definition) is 2. The van der Waals surface area contributed by atoms with E-state index in [2.05, 4.69) is 46.4 Å². The molecule has 0 radical (unpaired) electrons. The van der Waals surface area contributed by atoms with E-state index >= 15 is 0 Å². The lowest BCUT2D eigenvalue weighted by Gasteiger charge is -2.40. The number of nitrogens with one attached hydrogen (secondary N) is 1. The number of hydrogen-bond acceptors (Lipinski definition) is 4. The number of carboxylic acids is 1. The second-order valence-corrected chi connectivity index (χ2v) is 5.69. The van der Waals surface area contributed by atoms with Crippen LogP contribution in [0, 0.1) is 0 Å². The van der Waals surface area contributed by atoms with Crippen LogP contribution in [-0.2, 0) is 4.79 Å². The summed E-state index contributed by atoms with van der Waals surface area (Å²) in [6.07, 6.45) is 0.624. The van der Waals surface area contributed by atoms with E-state index in [1.54, 1.807) is 7.05 Å². The molecule has 2 unspecified atom stereocenters. The highest BCUT2D eigenvalue weighted by Gasteiger charge is 2.27. The minimum Gasteiger partial charge on any atom is -0.480 e. The molecule has 2 atom stereocenters. The molecular formula is C16H25N3O2. The van der Waals surface area contributed by atoms with Crippen molar-refractivity contribution in [2.24, 2.45) is 0 Å². The maximum absolute atomic E-state index is 11.1. The summed E-state index contributed by atoms with van der Waals surface area (Å²) in [4.78, 5) is 15.9. The predicted molar refractivity (Wildman–Crippen MR) is 83.4 cm³/mol. The molecule has 1 aliphatic heterocycles. The van der Waals surface area contributed by atoms with Gasteiger partial charge in [0.2, 0.25) is 0 Å². The summed E-state index contributed by atoms with van der Waals surface area (Å²) < 4.78 is 0. The molecule has 5 heteroatoms. The van der Waals surface area contributed by atoms with Gasteiger partial charge < -0.3 is 15.3 Å². The van der Waals surface area contributed by atoms with E-state index in [4.69, 9.17) is 5.11 Å². The number of piperazine rings is 1. The van der Waals surface area contributed by atoms with Crippen molar-refractivity contribution >= 4 is 5.97 Å². The van der Waals surface area contributed by atoms with Crippen LogP contribution >= 0.6 is 0 Å². The zero-order valence-corrected chi connectivity index (χ0v) is 12.8. The highest BCUT2D eigenvalue weighted by Crippen LogP contribution is 2.24. The minimum atomic E-state index is -0.775. The van der Waals surface area contributed by atoms with Crippen molar-refractivity contribution in [3.63, 3.8) is 0 Å². The maximum Gasteiger partial charge on any atom is 0.320 e. The second kappa shape index (κ2) is 7.54. The van der Waals surface area contributed by atoms with Crippen LogP contribution in [0.5, 0.6) is 0 Å². The summed E-state index contributed by atoms with van der Waals surface area (Å²) in [6.45, 7) is 3.79. The largest absolute Gasteiger partial charge is 0.480 e. The lowest BCUT2D eigenvalue weighted by atomic mass is 10.0. The smallest absolute Gasteiger partial charge is 0.320 e. The molecule has 1 fully saturated rings. The molecule has 0 amide bonds. The molecule has 1 heterocycles. The first kappa shape index (κ1) is 15.9. The molecule has 1 aliphatic rings. The topological polar surface area (TPSA) is 55.8 Å². The van der Waals surface area contributed by atoms with Gasteiger partial charge in [-0.15, -0.1) is 0 Å². The van der Waals surface area contributed by atoms with E-state index in [9.17, 15) is 4.79 Å². The van der Waals surface area contributed by atoms with Gasteiger partial charge in [0.25, 0.3) is 0 Å². The Hall–Kier alpha value is -1.43. The van der Waals surface area contributed by atoms with E-state index in [-0.39, 0.29) is 0 Å². The Morgan fingerprint density at radius 1 is 1.38 bits per heavy atom. The summed E-state index contributed by atoms with van der Waals surface area (Å²) in [5, 5.41) is 12.0. The first-order chi connectivity index (χ1) is 10.1. The summed E-state index contributed by atoms with van der Waals surface area (Å²) in [6, 6.07) is 10.3. The van der Waals surface area contributed by atoms with E-state index in [1.807, 2.05) is 6.07 Å². The SMILES string of the molecule is CNC(CCN1CCN(C)CC1c1ccccc1)C(=O)O. The molecule has 2 N–H and O–H groups in total. The molecule has 1 saturated heterocycles. The van der Waals surface area contributed by atoms with Gasteiger partial charge in [0.05, 0.1) is 0 Å². The van der Waals surface area contributed by atoms with Crippen LogP contribution in [-0.4, -0.2) is 67.2 Å². The zero-order chi connectivity index (χ0) is 15.2. The van der Waals surface area contributed by atoms with Crippen LogP contribution in [0.1, 0.15) is 18.0 Å². The Balaban J connectivity index is 2.03. The average Bonchev–Trinajstić information content (AvgIpc) is 2.49. The molecule has 0 spiro atoms. The molecule has 116 valence electrons. The number of carboxylic acid groups (broad SMARTS) is 1. The fourth-order valence-corrected chi connectivity index (χ4v) is 2.90. The van der Waals surface area contributed by atoms with Gasteiger partial charge in [-0.05, 0) is 26.1 Å². The third-order valence-electron chi connectivity index (χ3n) is 4.23. The molecule has 1 aromatic carbocycles. The Labute approximate surface area is 126 Å². The summed E-state index contributed by atoms with van der Waals surface area (Å²) in [5.74, 6) is -0.775. The van der Waals surface area contributed by atoms with E-state index in [0.717, 1.165) is 26.2 Å². The minimum absolute atomic E-state index is 0.344. The molecular weight excluding hydrogens is 266 g/mol. The Bertz CT molecular complexity index is 452. The van der Waals surface area contributed by atoms with E-state index in [1.165, 1.54) is 5.56 Å². The summed E-state index contributed by atoms with van der Waals surface area (Å²) in [5.41, 5.74) is 1.31. The van der Waals surface area contributed by atoms with Crippen molar-refractivity contribution < 1.29 is 9.90 Å². The Kier molecular flexibility index (Phi) is 5.73. The lowest BCUT2D eigenvalue weighted by molar-refractivity contribution is -0.139. The van der Waals surface area contributed by atoms with Gasteiger partial charge in [-0.1, -0.05) is 30.3 Å². The lowest BCUT2D eigenvalue weighted by Crippen LogP contribution is -2.48. The van der Waals surface area contributed by atoms with Crippen molar-refractivity contribution in [3.8, 4) is 0 Å². The van der Waals surface area contributed by atoms with Crippen LogP contribution in [0.4, 0.5) is 0 Å². The van der Waals surface area contributed by atoms with Crippen molar-refractivity contribution in [2.75, 3.05) is 40.3 Å². The van der Waals surface area contributed by atoms with Gasteiger partial charge in [-0.2, -0.15) is 0 Å². The van der Waals surface area contributed by atoms with Crippen molar-refractivity contribution in [3.05, 3.63) is 35.9 Å². The third-order valence-corrected chi connectivity index (χ3v) is 4.23. The number of rotatable bonds is 6. The fourth-order valence-electron chi connectivity index (χ4n) is 2.90. The number of likely N-dealkylation sites (N-methyl/N-ethyl adjacent to an activating group) is 2. The average molecular weight is 291 g/mol. The van der Waals surface area contributed by atoms with Gasteiger partial charge in [-0.25, -0.2) is 0 Å². The number of benzene rings is 1. The molecule has 5 nitrogen and oxygen atoms in total. The molecule has 0 aromatic heterocycles. The molecule has 0 bridgehead atoms. The Morgan fingerprint density at radius 3 is 2.71 bits per heavy atom. The van der Waals surface area contributed by atoms with Crippen molar-refractivity contribution in [1.29, 1.82) is 0 Å². The van der Waals surface area contributed by atoms with Crippen LogP contribution in [0.25, 0.3) is 0 Å². The van der Waals surface area contributed by atoms with Gasteiger partial charge in [-0.3, -0.25) is 9.69 Å². The second-order valence-electron chi connectivity index (χ2n) is 5.69. The van der Waals surface area contributed by atoms with E-state index < -0.39 is 12.0 Å². The van der Waals surface area contributed by atoms with Crippen LogP contribution < -0.4 is 5.32 Å². The molecule has 21 heavy (non-hydrogen) atoms. The van der Waals surface area contributed by atoms with Crippen LogP contribution in [0.2, 0.25) is 0 Å². The summed E-state index contributed by atoms with van der Waals surface area (Å²) >= 11 is 0.